The summed E-state index contributed by atoms with van der Waals surface area (Å²) in [6.45, 7) is 1.55. The number of alkyl halides is 3. The van der Waals surface area contributed by atoms with Gasteiger partial charge < -0.3 is 5.32 Å². The average molecular weight is 338 g/mol. The van der Waals surface area contributed by atoms with Crippen molar-refractivity contribution < 1.29 is 18.0 Å². The number of anilines is 1. The van der Waals surface area contributed by atoms with Crippen molar-refractivity contribution in [3.05, 3.63) is 46.0 Å². The molecule has 3 aromatic rings. The van der Waals surface area contributed by atoms with Crippen molar-refractivity contribution in [2.75, 3.05) is 5.32 Å². The first-order valence-electron chi connectivity index (χ1n) is 6.40. The van der Waals surface area contributed by atoms with Gasteiger partial charge in [-0.3, -0.25) is 4.79 Å². The second-order valence-corrected chi connectivity index (χ2v) is 5.44. The lowest BCUT2D eigenvalue weighted by atomic mass is 10.1. The van der Waals surface area contributed by atoms with Gasteiger partial charge in [-0.1, -0.05) is 0 Å². The molecule has 3 aromatic heterocycles. The second-order valence-electron chi connectivity index (χ2n) is 4.72. The Balaban J connectivity index is 1.99. The number of carbonyl (C=O) groups excluding carboxylic acids is 1. The van der Waals surface area contributed by atoms with E-state index in [-0.39, 0.29) is 17.2 Å². The summed E-state index contributed by atoms with van der Waals surface area (Å²) in [6.07, 6.45) is -4.56. The summed E-state index contributed by atoms with van der Waals surface area (Å²) in [5.41, 5.74) is 1.03. The van der Waals surface area contributed by atoms with Crippen LogP contribution in [0.3, 0.4) is 0 Å². The molecule has 0 spiro atoms. The number of hydrogen-bond acceptors (Lipinski definition) is 5. The Labute approximate surface area is 132 Å². The molecule has 3 heterocycles. The minimum Gasteiger partial charge on any atom is -0.305 e. The first kappa shape index (κ1) is 15.3. The van der Waals surface area contributed by atoms with E-state index in [1.807, 2.05) is 0 Å². The van der Waals surface area contributed by atoms with Gasteiger partial charge in [0.1, 0.15) is 17.2 Å². The van der Waals surface area contributed by atoms with Crippen molar-refractivity contribution in [1.82, 2.24) is 15.0 Å². The average Bonchev–Trinajstić information content (AvgIpc) is 3.00. The van der Waals surface area contributed by atoms with Crippen LogP contribution in [-0.2, 0) is 6.18 Å². The third kappa shape index (κ3) is 3.14. The number of aryl methyl sites for hydroxylation is 1. The van der Waals surface area contributed by atoms with Gasteiger partial charge in [-0.05, 0) is 30.7 Å². The van der Waals surface area contributed by atoms with Crippen LogP contribution >= 0.6 is 11.3 Å². The van der Waals surface area contributed by atoms with Crippen LogP contribution in [0, 0.1) is 6.92 Å². The van der Waals surface area contributed by atoms with Crippen LogP contribution < -0.4 is 5.32 Å². The zero-order valence-corrected chi connectivity index (χ0v) is 12.5. The van der Waals surface area contributed by atoms with E-state index < -0.39 is 17.8 Å². The van der Waals surface area contributed by atoms with Gasteiger partial charge in [0, 0.05) is 10.8 Å². The Bertz CT molecular complexity index is 878. The number of thiazole rings is 1. The van der Waals surface area contributed by atoms with E-state index in [1.54, 1.807) is 18.4 Å². The molecule has 0 radical (unpaired) electrons. The van der Waals surface area contributed by atoms with Gasteiger partial charge in [-0.15, -0.1) is 11.3 Å². The predicted octanol–water partition coefficient (Wildman–Crippen LogP) is 3.67. The van der Waals surface area contributed by atoms with Gasteiger partial charge in [0.25, 0.3) is 5.91 Å². The van der Waals surface area contributed by atoms with Crippen LogP contribution in [0.1, 0.15) is 21.7 Å². The van der Waals surface area contributed by atoms with Gasteiger partial charge in [0.15, 0.2) is 5.65 Å². The molecule has 0 fully saturated rings. The highest BCUT2D eigenvalue weighted by Gasteiger charge is 2.33. The third-order valence-corrected chi connectivity index (χ3v) is 3.66. The highest BCUT2D eigenvalue weighted by Crippen LogP contribution is 2.30. The lowest BCUT2D eigenvalue weighted by molar-refractivity contribution is -0.141. The predicted molar refractivity (Wildman–Crippen MR) is 79.3 cm³/mol. The van der Waals surface area contributed by atoms with Crippen LogP contribution in [0.2, 0.25) is 0 Å². The third-order valence-electron chi connectivity index (χ3n) is 3.08. The Morgan fingerprint density at radius 2 is 2.04 bits per heavy atom. The van der Waals surface area contributed by atoms with Gasteiger partial charge in [0.2, 0.25) is 0 Å². The molecule has 118 valence electrons. The Morgan fingerprint density at radius 1 is 1.26 bits per heavy atom. The fourth-order valence-corrected chi connectivity index (χ4v) is 2.52. The fourth-order valence-electron chi connectivity index (χ4n) is 1.99. The molecule has 0 bridgehead atoms. The van der Waals surface area contributed by atoms with Gasteiger partial charge in [-0.2, -0.15) is 13.2 Å². The first-order valence-corrected chi connectivity index (χ1v) is 7.34. The zero-order chi connectivity index (χ0) is 16.6. The Kier molecular flexibility index (Phi) is 3.72. The molecule has 0 unspecified atom stereocenters. The van der Waals surface area contributed by atoms with Crippen molar-refractivity contribution in [2.45, 2.75) is 13.1 Å². The minimum absolute atomic E-state index is 0.0756. The van der Waals surface area contributed by atoms with E-state index in [9.17, 15) is 18.0 Å². The monoisotopic (exact) mass is 338 g/mol. The molecular weight excluding hydrogens is 329 g/mol. The number of hydrogen-bond donors (Lipinski definition) is 1. The fraction of sp³-hybridized carbons (Fsp3) is 0.143. The summed E-state index contributed by atoms with van der Waals surface area (Å²) < 4.78 is 38.5. The molecule has 23 heavy (non-hydrogen) atoms. The molecule has 0 aliphatic heterocycles. The van der Waals surface area contributed by atoms with Crippen LogP contribution in [0.25, 0.3) is 11.0 Å². The highest BCUT2D eigenvalue weighted by molar-refractivity contribution is 7.07. The lowest BCUT2D eigenvalue weighted by Crippen LogP contribution is -2.14. The molecule has 0 saturated heterocycles. The van der Waals surface area contributed by atoms with Gasteiger partial charge >= 0.3 is 6.18 Å². The topological polar surface area (TPSA) is 67.8 Å². The summed E-state index contributed by atoms with van der Waals surface area (Å²) in [7, 11) is 0. The van der Waals surface area contributed by atoms with E-state index in [2.05, 4.69) is 20.3 Å². The van der Waals surface area contributed by atoms with Gasteiger partial charge in [-0.25, -0.2) is 15.0 Å². The molecule has 5 nitrogen and oxygen atoms in total. The Hall–Kier alpha value is -2.55. The van der Waals surface area contributed by atoms with Crippen LogP contribution in [0.5, 0.6) is 0 Å². The highest BCUT2D eigenvalue weighted by atomic mass is 32.1. The number of aromatic nitrogens is 3. The number of carbonyl (C=O) groups is 1. The second kappa shape index (κ2) is 5.58. The number of nitrogens with zero attached hydrogens (tertiary/aromatic N) is 3. The van der Waals surface area contributed by atoms with Crippen molar-refractivity contribution in [3.8, 4) is 0 Å². The molecule has 9 heteroatoms. The normalized spacial score (nSPS) is 11.7. The molecule has 1 N–H and O–H groups in total. The molecular formula is C14H9F3N4OS. The number of nitrogens with one attached hydrogen (secondary N) is 1. The summed E-state index contributed by atoms with van der Waals surface area (Å²) in [6, 6.07) is 4.05. The number of halogens is 3. The Morgan fingerprint density at radius 3 is 2.70 bits per heavy atom. The van der Waals surface area contributed by atoms with Crippen molar-refractivity contribution in [2.24, 2.45) is 0 Å². The molecule has 0 aliphatic rings. The molecule has 0 aromatic carbocycles. The molecule has 3 rings (SSSR count). The SMILES string of the molecule is Cc1cc(C(F)(F)F)nc2nc(NC(=O)c3cscn3)ccc12. The van der Waals surface area contributed by atoms with Gasteiger partial charge in [0.05, 0.1) is 5.51 Å². The van der Waals surface area contributed by atoms with E-state index in [4.69, 9.17) is 0 Å². The summed E-state index contributed by atoms with van der Waals surface area (Å²) in [5.74, 6) is -0.372. The van der Waals surface area contributed by atoms with Crippen molar-refractivity contribution in [1.29, 1.82) is 0 Å². The number of pyridine rings is 2. The largest absolute Gasteiger partial charge is 0.433 e. The summed E-state index contributed by atoms with van der Waals surface area (Å²) >= 11 is 1.26. The van der Waals surface area contributed by atoms with Crippen molar-refractivity contribution in [3.63, 3.8) is 0 Å². The standard InChI is InChI=1S/C14H9F3N4OS/c1-7-4-10(14(15,16)17)19-12-8(7)2-3-11(20-12)21-13(22)9-5-23-6-18-9/h2-6H,1H3,(H,19,20,21,22). The molecule has 0 atom stereocenters. The maximum atomic E-state index is 12.8. The first-order chi connectivity index (χ1) is 10.8. The van der Waals surface area contributed by atoms with E-state index in [1.165, 1.54) is 22.9 Å². The molecule has 1 amide bonds. The van der Waals surface area contributed by atoms with Crippen LogP contribution in [0.15, 0.2) is 29.1 Å². The minimum atomic E-state index is -4.56. The van der Waals surface area contributed by atoms with E-state index in [0.29, 0.717) is 10.9 Å². The zero-order valence-electron chi connectivity index (χ0n) is 11.7. The summed E-state index contributed by atoms with van der Waals surface area (Å²) in [5, 5.41) is 4.53. The smallest absolute Gasteiger partial charge is 0.305 e. The summed E-state index contributed by atoms with van der Waals surface area (Å²) in [4.78, 5) is 23.3. The molecule has 0 saturated carbocycles. The van der Waals surface area contributed by atoms with E-state index in [0.717, 1.165) is 6.07 Å². The molecule has 0 aliphatic carbocycles. The lowest BCUT2D eigenvalue weighted by Gasteiger charge is -2.10. The van der Waals surface area contributed by atoms with E-state index >= 15 is 0 Å². The van der Waals surface area contributed by atoms with Crippen LogP contribution in [0.4, 0.5) is 19.0 Å². The van der Waals surface area contributed by atoms with Crippen LogP contribution in [-0.4, -0.2) is 20.9 Å². The number of rotatable bonds is 2. The number of fused-ring (bicyclic) bond motifs is 1. The maximum absolute atomic E-state index is 12.8. The maximum Gasteiger partial charge on any atom is 0.433 e. The number of amides is 1. The van der Waals surface area contributed by atoms with Crippen molar-refractivity contribution >= 4 is 34.1 Å². The quantitative estimate of drug-likeness (QED) is 0.774.